The molecule has 1 aliphatic rings. The van der Waals surface area contributed by atoms with E-state index in [1.165, 1.54) is 13.0 Å². The molecule has 0 radical (unpaired) electrons. The molecule has 1 aromatic carbocycles. The molecule has 1 aromatic rings. The van der Waals surface area contributed by atoms with E-state index in [4.69, 9.17) is 22.1 Å². The van der Waals surface area contributed by atoms with Gasteiger partial charge in [-0.25, -0.2) is 0 Å². The molecule has 0 bridgehead atoms. The van der Waals surface area contributed by atoms with Gasteiger partial charge in [-0.05, 0) is 50.9 Å². The van der Waals surface area contributed by atoms with Crippen LogP contribution in [0.1, 0.15) is 38.2 Å². The fourth-order valence-electron chi connectivity index (χ4n) is 3.28. The van der Waals surface area contributed by atoms with Gasteiger partial charge in [0.25, 0.3) is 0 Å². The molecule has 0 aliphatic carbocycles. The number of hydrogen-bond acceptors (Lipinski definition) is 4. The van der Waals surface area contributed by atoms with Crippen molar-refractivity contribution in [1.82, 2.24) is 4.90 Å². The number of piperidine rings is 1. The van der Waals surface area contributed by atoms with Crippen LogP contribution in [0.4, 0.5) is 5.69 Å². The van der Waals surface area contributed by atoms with Gasteiger partial charge in [0, 0.05) is 24.5 Å². The highest BCUT2D eigenvalue weighted by atomic mass is 35.5. The van der Waals surface area contributed by atoms with Crippen LogP contribution in [0.5, 0.6) is 5.75 Å². The molecular formula is C18H28Cl2N2O2. The Kier molecular flexibility index (Phi) is 8.88. The van der Waals surface area contributed by atoms with Gasteiger partial charge in [-0.3, -0.25) is 4.79 Å². The molecule has 0 spiro atoms. The van der Waals surface area contributed by atoms with Crippen molar-refractivity contribution < 1.29 is 9.53 Å². The summed E-state index contributed by atoms with van der Waals surface area (Å²) in [6, 6.07) is 3.44. The second-order valence-electron chi connectivity index (χ2n) is 6.39. The van der Waals surface area contributed by atoms with Crippen molar-refractivity contribution in [3.63, 3.8) is 0 Å². The van der Waals surface area contributed by atoms with Gasteiger partial charge in [0.1, 0.15) is 11.5 Å². The number of ketones is 1. The minimum absolute atomic E-state index is 0. The maximum Gasteiger partial charge on any atom is 0.137 e. The number of methoxy groups -OCH3 is 1. The fraction of sp³-hybridized carbons (Fsp3) is 0.611. The van der Waals surface area contributed by atoms with Crippen LogP contribution in [0.3, 0.4) is 0 Å². The lowest BCUT2D eigenvalue weighted by molar-refractivity contribution is -0.119. The molecule has 0 unspecified atom stereocenters. The third kappa shape index (κ3) is 5.83. The Hall–Kier alpha value is -0.970. The summed E-state index contributed by atoms with van der Waals surface area (Å²) in [5.74, 6) is 1.39. The van der Waals surface area contributed by atoms with Crippen molar-refractivity contribution >= 4 is 35.5 Å². The zero-order valence-electron chi connectivity index (χ0n) is 14.5. The maximum absolute atomic E-state index is 12.4. The molecule has 0 atom stereocenters. The van der Waals surface area contributed by atoms with E-state index < -0.39 is 0 Å². The van der Waals surface area contributed by atoms with Gasteiger partial charge in [0.2, 0.25) is 0 Å². The molecule has 4 nitrogen and oxygen atoms in total. The van der Waals surface area contributed by atoms with Crippen molar-refractivity contribution in [3.8, 4) is 5.75 Å². The summed E-state index contributed by atoms with van der Waals surface area (Å²) in [4.78, 5) is 14.9. The molecule has 2 rings (SSSR count). The average molecular weight is 375 g/mol. The number of anilines is 1. The summed E-state index contributed by atoms with van der Waals surface area (Å²) in [6.45, 7) is 5.61. The summed E-state index contributed by atoms with van der Waals surface area (Å²) in [5, 5.41) is 0.474. The summed E-state index contributed by atoms with van der Waals surface area (Å²) in [7, 11) is 1.58. The first-order chi connectivity index (χ1) is 11.0. The quantitative estimate of drug-likeness (QED) is 0.733. The van der Waals surface area contributed by atoms with Crippen LogP contribution < -0.4 is 10.5 Å². The van der Waals surface area contributed by atoms with E-state index in [1.807, 2.05) is 0 Å². The Balaban J connectivity index is 0.00000288. The number of halogens is 2. The number of ether oxygens (including phenoxy) is 1. The standard InChI is InChI=1S/C18H27ClN2O2.ClH/c1-3-6-21-7-4-13(5-8-21)9-15(22)10-14-11-16(19)17(20)12-18(14)23-2;/h11-13H,3-10,20H2,1-2H3;1H. The number of Topliss-reactive ketones (excluding diaryl/α,β-unsaturated/α-hetero) is 1. The van der Waals surface area contributed by atoms with E-state index in [9.17, 15) is 4.79 Å². The second-order valence-corrected chi connectivity index (χ2v) is 6.80. The van der Waals surface area contributed by atoms with Gasteiger partial charge in [-0.15, -0.1) is 12.4 Å². The largest absolute Gasteiger partial charge is 0.496 e. The van der Waals surface area contributed by atoms with Gasteiger partial charge in [-0.2, -0.15) is 0 Å². The molecule has 6 heteroatoms. The number of nitrogens with two attached hydrogens (primary N) is 1. The molecule has 0 amide bonds. The lowest BCUT2D eigenvalue weighted by atomic mass is 9.90. The second kappa shape index (κ2) is 10.1. The van der Waals surface area contributed by atoms with Crippen molar-refractivity contribution in [2.24, 2.45) is 5.92 Å². The van der Waals surface area contributed by atoms with E-state index in [-0.39, 0.29) is 18.2 Å². The molecule has 1 aliphatic heterocycles. The van der Waals surface area contributed by atoms with E-state index in [0.29, 0.717) is 35.2 Å². The van der Waals surface area contributed by atoms with Crippen molar-refractivity contribution in [2.75, 3.05) is 32.5 Å². The summed E-state index contributed by atoms with van der Waals surface area (Å²) in [6.07, 6.45) is 4.43. The van der Waals surface area contributed by atoms with Crippen LogP contribution in [0.2, 0.25) is 5.02 Å². The third-order valence-electron chi connectivity index (χ3n) is 4.55. The number of hydrogen-bond donors (Lipinski definition) is 1. The number of carbonyl (C=O) groups excluding carboxylic acids is 1. The summed E-state index contributed by atoms with van der Waals surface area (Å²) >= 11 is 6.07. The SMILES string of the molecule is CCCN1CCC(CC(=O)Cc2cc(Cl)c(N)cc2OC)CC1.Cl. The van der Waals surface area contributed by atoms with Crippen LogP contribution in [0, 0.1) is 5.92 Å². The first-order valence-corrected chi connectivity index (χ1v) is 8.77. The lowest BCUT2D eigenvalue weighted by Gasteiger charge is -2.31. The molecule has 1 fully saturated rings. The van der Waals surface area contributed by atoms with Crippen molar-refractivity contribution in [1.29, 1.82) is 0 Å². The van der Waals surface area contributed by atoms with E-state index >= 15 is 0 Å². The third-order valence-corrected chi connectivity index (χ3v) is 4.88. The van der Waals surface area contributed by atoms with E-state index in [1.54, 1.807) is 19.2 Å². The lowest BCUT2D eigenvalue weighted by Crippen LogP contribution is -2.34. The number of nitrogen functional groups attached to an aromatic ring is 1. The monoisotopic (exact) mass is 374 g/mol. The molecule has 1 saturated heterocycles. The topological polar surface area (TPSA) is 55.6 Å². The van der Waals surface area contributed by atoms with Crippen molar-refractivity contribution in [2.45, 2.75) is 39.0 Å². The number of rotatable bonds is 7. The van der Waals surface area contributed by atoms with Crippen LogP contribution in [0.25, 0.3) is 0 Å². The summed E-state index contributed by atoms with van der Waals surface area (Å²) < 4.78 is 5.32. The number of benzene rings is 1. The number of carbonyl (C=O) groups is 1. The molecule has 2 N–H and O–H groups in total. The minimum Gasteiger partial charge on any atom is -0.496 e. The van der Waals surface area contributed by atoms with Crippen LogP contribution >= 0.6 is 24.0 Å². The number of likely N-dealkylation sites (tertiary alicyclic amines) is 1. The van der Waals surface area contributed by atoms with E-state index in [0.717, 1.165) is 31.5 Å². The highest BCUT2D eigenvalue weighted by Gasteiger charge is 2.21. The Bertz CT molecular complexity index is 544. The highest BCUT2D eigenvalue weighted by molar-refractivity contribution is 6.33. The van der Waals surface area contributed by atoms with Crippen LogP contribution in [-0.4, -0.2) is 37.4 Å². The minimum atomic E-state index is 0. The number of nitrogens with zero attached hydrogens (tertiary/aromatic N) is 1. The van der Waals surface area contributed by atoms with Crippen LogP contribution in [0.15, 0.2) is 12.1 Å². The molecule has 0 aromatic heterocycles. The van der Waals surface area contributed by atoms with Gasteiger partial charge in [0.05, 0.1) is 17.8 Å². The van der Waals surface area contributed by atoms with Gasteiger partial charge in [0.15, 0.2) is 0 Å². The molecular weight excluding hydrogens is 347 g/mol. The zero-order chi connectivity index (χ0) is 16.8. The zero-order valence-corrected chi connectivity index (χ0v) is 16.1. The molecule has 136 valence electrons. The molecule has 1 heterocycles. The first-order valence-electron chi connectivity index (χ1n) is 8.39. The van der Waals surface area contributed by atoms with Crippen molar-refractivity contribution in [3.05, 3.63) is 22.7 Å². The van der Waals surface area contributed by atoms with Gasteiger partial charge in [-0.1, -0.05) is 18.5 Å². The average Bonchev–Trinajstić information content (AvgIpc) is 2.53. The smallest absolute Gasteiger partial charge is 0.137 e. The molecule has 24 heavy (non-hydrogen) atoms. The first kappa shape index (κ1) is 21.1. The Labute approximate surface area is 156 Å². The molecule has 0 saturated carbocycles. The Morgan fingerprint density at radius 3 is 2.62 bits per heavy atom. The normalized spacial score (nSPS) is 15.8. The highest BCUT2D eigenvalue weighted by Crippen LogP contribution is 2.30. The predicted octanol–water partition coefficient (Wildman–Crippen LogP) is 3.98. The fourth-order valence-corrected chi connectivity index (χ4v) is 3.46. The summed E-state index contributed by atoms with van der Waals surface area (Å²) in [5.41, 5.74) is 7.08. The van der Waals surface area contributed by atoms with E-state index in [2.05, 4.69) is 11.8 Å². The Morgan fingerprint density at radius 1 is 1.38 bits per heavy atom. The predicted molar refractivity (Wildman–Crippen MR) is 102 cm³/mol. The maximum atomic E-state index is 12.4. The van der Waals surface area contributed by atoms with Crippen LogP contribution in [-0.2, 0) is 11.2 Å². The van der Waals surface area contributed by atoms with Gasteiger partial charge < -0.3 is 15.4 Å². The van der Waals surface area contributed by atoms with Gasteiger partial charge >= 0.3 is 0 Å². The Morgan fingerprint density at radius 2 is 2.04 bits per heavy atom.